The molecule has 0 aromatic heterocycles. The van der Waals surface area contributed by atoms with Crippen LogP contribution in [-0.2, 0) is 9.59 Å². The molecule has 8 heteroatoms. The second-order valence-corrected chi connectivity index (χ2v) is 7.09. The number of hydrogen-bond donors (Lipinski definition) is 1. The number of ether oxygens (including phenoxy) is 1. The molecule has 2 aromatic carbocycles. The molecular formula is C18H15Cl3N2O3. The summed E-state index contributed by atoms with van der Waals surface area (Å²) in [7, 11) is 1.57. The summed E-state index contributed by atoms with van der Waals surface area (Å²) in [5.74, 6) is -0.252. The SMILES string of the molecule is COc1ccc(N2CC(C(=O)Nc3c(Cl)cc(Cl)cc3Cl)CC2=O)cc1. The molecule has 5 nitrogen and oxygen atoms in total. The maximum Gasteiger partial charge on any atom is 0.229 e. The Bertz CT molecular complexity index is 832. The summed E-state index contributed by atoms with van der Waals surface area (Å²) in [5, 5.41) is 3.56. The van der Waals surface area contributed by atoms with Gasteiger partial charge in [-0.05, 0) is 36.4 Å². The molecule has 1 saturated heterocycles. The van der Waals surface area contributed by atoms with E-state index in [0.29, 0.717) is 16.5 Å². The summed E-state index contributed by atoms with van der Waals surface area (Å²) in [4.78, 5) is 26.5. The third-order valence-electron chi connectivity index (χ3n) is 4.14. The van der Waals surface area contributed by atoms with Gasteiger partial charge in [-0.1, -0.05) is 34.8 Å². The first-order valence-corrected chi connectivity index (χ1v) is 8.92. The van der Waals surface area contributed by atoms with E-state index in [1.165, 1.54) is 12.1 Å². The van der Waals surface area contributed by atoms with E-state index in [0.717, 1.165) is 0 Å². The van der Waals surface area contributed by atoms with E-state index in [1.54, 1.807) is 36.3 Å². The maximum absolute atomic E-state index is 12.6. The summed E-state index contributed by atoms with van der Waals surface area (Å²) >= 11 is 18.1. The van der Waals surface area contributed by atoms with Crippen molar-refractivity contribution >= 4 is 58.0 Å². The summed E-state index contributed by atoms with van der Waals surface area (Å²) in [5.41, 5.74) is 1.01. The maximum atomic E-state index is 12.6. The predicted octanol–water partition coefficient (Wildman–Crippen LogP) is 4.65. The van der Waals surface area contributed by atoms with Crippen LogP contribution in [0.15, 0.2) is 36.4 Å². The van der Waals surface area contributed by atoms with Gasteiger partial charge in [-0.2, -0.15) is 0 Å². The number of hydrogen-bond acceptors (Lipinski definition) is 3. The second kappa shape index (κ2) is 7.74. The zero-order valence-corrected chi connectivity index (χ0v) is 16.0. The molecule has 0 radical (unpaired) electrons. The molecule has 0 bridgehead atoms. The van der Waals surface area contributed by atoms with Gasteiger partial charge in [0.1, 0.15) is 5.75 Å². The van der Waals surface area contributed by atoms with Crippen molar-refractivity contribution in [2.75, 3.05) is 23.9 Å². The van der Waals surface area contributed by atoms with Crippen molar-refractivity contribution in [1.29, 1.82) is 0 Å². The van der Waals surface area contributed by atoms with E-state index < -0.39 is 5.92 Å². The van der Waals surface area contributed by atoms with Gasteiger partial charge in [0.15, 0.2) is 0 Å². The van der Waals surface area contributed by atoms with E-state index >= 15 is 0 Å². The smallest absolute Gasteiger partial charge is 0.229 e. The molecule has 1 N–H and O–H groups in total. The topological polar surface area (TPSA) is 58.6 Å². The van der Waals surface area contributed by atoms with Crippen LogP contribution in [0.25, 0.3) is 0 Å². The molecule has 1 heterocycles. The molecule has 26 heavy (non-hydrogen) atoms. The number of carbonyl (C=O) groups excluding carboxylic acids is 2. The van der Waals surface area contributed by atoms with E-state index in [1.807, 2.05) is 0 Å². The third kappa shape index (κ3) is 3.90. The van der Waals surface area contributed by atoms with Crippen molar-refractivity contribution in [2.45, 2.75) is 6.42 Å². The average Bonchev–Trinajstić information content (AvgIpc) is 3.00. The number of amides is 2. The van der Waals surface area contributed by atoms with Gasteiger partial charge in [0.05, 0.1) is 28.8 Å². The van der Waals surface area contributed by atoms with Crippen LogP contribution in [0, 0.1) is 5.92 Å². The first-order valence-electron chi connectivity index (χ1n) is 7.79. The largest absolute Gasteiger partial charge is 0.497 e. The fraction of sp³-hybridized carbons (Fsp3) is 0.222. The molecule has 1 unspecified atom stereocenters. The Morgan fingerprint density at radius 1 is 1.15 bits per heavy atom. The fourth-order valence-corrected chi connectivity index (χ4v) is 3.69. The van der Waals surface area contributed by atoms with E-state index in [9.17, 15) is 9.59 Å². The lowest BCUT2D eigenvalue weighted by Gasteiger charge is -2.17. The number of anilines is 2. The van der Waals surface area contributed by atoms with Crippen LogP contribution in [0.5, 0.6) is 5.75 Å². The fourth-order valence-electron chi connectivity index (χ4n) is 2.78. The van der Waals surface area contributed by atoms with E-state index in [4.69, 9.17) is 39.5 Å². The molecule has 0 saturated carbocycles. The highest BCUT2D eigenvalue weighted by Gasteiger charge is 2.35. The van der Waals surface area contributed by atoms with Crippen LogP contribution < -0.4 is 15.0 Å². The highest BCUT2D eigenvalue weighted by molar-refractivity contribution is 6.42. The zero-order chi connectivity index (χ0) is 18.8. The Morgan fingerprint density at radius 2 is 1.77 bits per heavy atom. The van der Waals surface area contributed by atoms with Crippen molar-refractivity contribution < 1.29 is 14.3 Å². The van der Waals surface area contributed by atoms with Gasteiger partial charge in [0.2, 0.25) is 11.8 Å². The van der Waals surface area contributed by atoms with Crippen LogP contribution in [0.3, 0.4) is 0 Å². The lowest BCUT2D eigenvalue weighted by molar-refractivity contribution is -0.122. The Labute approximate surface area is 165 Å². The van der Waals surface area contributed by atoms with E-state index in [2.05, 4.69) is 5.32 Å². The van der Waals surface area contributed by atoms with Crippen molar-refractivity contribution in [1.82, 2.24) is 0 Å². The van der Waals surface area contributed by atoms with Gasteiger partial charge in [-0.3, -0.25) is 9.59 Å². The second-order valence-electron chi connectivity index (χ2n) is 5.84. The molecule has 0 spiro atoms. The highest BCUT2D eigenvalue weighted by atomic mass is 35.5. The first-order chi connectivity index (χ1) is 12.4. The lowest BCUT2D eigenvalue weighted by Crippen LogP contribution is -2.28. The highest BCUT2D eigenvalue weighted by Crippen LogP contribution is 2.35. The molecule has 136 valence electrons. The van der Waals surface area contributed by atoms with Crippen LogP contribution >= 0.6 is 34.8 Å². The number of nitrogens with one attached hydrogen (secondary N) is 1. The molecule has 3 rings (SSSR count). The average molecular weight is 414 g/mol. The van der Waals surface area contributed by atoms with Crippen LogP contribution in [0.4, 0.5) is 11.4 Å². The lowest BCUT2D eigenvalue weighted by atomic mass is 10.1. The summed E-state index contributed by atoms with van der Waals surface area (Å²) in [6, 6.07) is 10.1. The number of nitrogens with zero attached hydrogens (tertiary/aromatic N) is 1. The normalized spacial score (nSPS) is 16.7. The standard InChI is InChI=1S/C18H15Cl3N2O3/c1-26-13-4-2-12(3-5-13)23-9-10(6-16(23)24)18(25)22-17-14(20)7-11(19)8-15(17)21/h2-5,7-8,10H,6,9H2,1H3,(H,22,25). The van der Waals surface area contributed by atoms with Crippen molar-refractivity contribution in [3.8, 4) is 5.75 Å². The Balaban J connectivity index is 1.73. The van der Waals surface area contributed by atoms with Crippen molar-refractivity contribution in [3.63, 3.8) is 0 Å². The van der Waals surface area contributed by atoms with Crippen molar-refractivity contribution in [2.24, 2.45) is 5.92 Å². The quantitative estimate of drug-likeness (QED) is 0.794. The first kappa shape index (κ1) is 18.8. The van der Waals surface area contributed by atoms with Gasteiger partial charge in [-0.25, -0.2) is 0 Å². The predicted molar refractivity (Wildman–Crippen MR) is 104 cm³/mol. The van der Waals surface area contributed by atoms with Gasteiger partial charge >= 0.3 is 0 Å². The minimum atomic E-state index is -0.507. The molecule has 2 amide bonds. The van der Waals surface area contributed by atoms with Gasteiger partial charge < -0.3 is 15.0 Å². The minimum absolute atomic E-state index is 0.112. The molecule has 1 fully saturated rings. The van der Waals surface area contributed by atoms with Gasteiger partial charge in [0.25, 0.3) is 0 Å². The number of rotatable bonds is 4. The number of carbonyl (C=O) groups is 2. The Kier molecular flexibility index (Phi) is 5.61. The molecule has 1 atom stereocenters. The molecule has 1 aliphatic rings. The Morgan fingerprint density at radius 3 is 2.35 bits per heavy atom. The van der Waals surface area contributed by atoms with Crippen LogP contribution in [0.1, 0.15) is 6.42 Å². The monoisotopic (exact) mass is 412 g/mol. The van der Waals surface area contributed by atoms with Crippen LogP contribution in [0.2, 0.25) is 15.1 Å². The van der Waals surface area contributed by atoms with Gasteiger partial charge in [0, 0.05) is 23.7 Å². The minimum Gasteiger partial charge on any atom is -0.497 e. The number of halogens is 3. The number of methoxy groups -OCH3 is 1. The van der Waals surface area contributed by atoms with E-state index in [-0.39, 0.29) is 40.5 Å². The summed E-state index contributed by atoms with van der Waals surface area (Å²) in [6.45, 7) is 0.278. The molecule has 2 aromatic rings. The molecule has 0 aliphatic carbocycles. The Hall–Kier alpha value is -1.95. The number of benzene rings is 2. The van der Waals surface area contributed by atoms with Gasteiger partial charge in [-0.15, -0.1) is 0 Å². The molecular weight excluding hydrogens is 399 g/mol. The zero-order valence-electron chi connectivity index (χ0n) is 13.8. The third-order valence-corrected chi connectivity index (χ3v) is 4.95. The van der Waals surface area contributed by atoms with Crippen molar-refractivity contribution in [3.05, 3.63) is 51.5 Å². The molecule has 1 aliphatic heterocycles. The summed E-state index contributed by atoms with van der Waals surface area (Å²) in [6.07, 6.45) is 0.112. The summed E-state index contributed by atoms with van der Waals surface area (Å²) < 4.78 is 5.11. The van der Waals surface area contributed by atoms with Crippen LogP contribution in [-0.4, -0.2) is 25.5 Å².